The van der Waals surface area contributed by atoms with Crippen molar-refractivity contribution in [2.75, 3.05) is 6.61 Å². The third kappa shape index (κ3) is 4.97. The average Bonchev–Trinajstić information content (AvgIpc) is 1.35. The first-order chi connectivity index (χ1) is 2.77. The van der Waals surface area contributed by atoms with Gasteiger partial charge in [-0.2, -0.15) is 0 Å². The lowest BCUT2D eigenvalue weighted by molar-refractivity contribution is 0.393. The normalized spacial score (nSPS) is 10.0. The molecular formula is C2H5Cl2OP. The van der Waals surface area contributed by atoms with Gasteiger partial charge in [0, 0.05) is 0 Å². The van der Waals surface area contributed by atoms with E-state index >= 15 is 0 Å². The van der Waals surface area contributed by atoms with Gasteiger partial charge in [0.2, 0.25) is 6.85 Å². The largest absolute Gasteiger partial charge is 0.332 e. The Hall–Kier alpha value is 0.970. The second-order valence-corrected chi connectivity index (χ2v) is 3.64. The van der Waals surface area contributed by atoms with E-state index < -0.39 is 6.85 Å². The van der Waals surface area contributed by atoms with Gasteiger partial charge in [0.15, 0.2) is 0 Å². The minimum atomic E-state index is -1.16. The molecule has 0 aliphatic rings. The monoisotopic (exact) mass is 146 g/mol. The van der Waals surface area contributed by atoms with E-state index in [-0.39, 0.29) is 0 Å². The summed E-state index contributed by atoms with van der Waals surface area (Å²) in [5.41, 5.74) is 0. The van der Waals surface area contributed by atoms with E-state index in [0.29, 0.717) is 6.61 Å². The minimum Gasteiger partial charge on any atom is -0.332 e. The molecule has 38 valence electrons. The van der Waals surface area contributed by atoms with Gasteiger partial charge in [-0.05, 0) is 29.4 Å². The molecule has 6 heavy (non-hydrogen) atoms. The van der Waals surface area contributed by atoms with Crippen LogP contribution in [0.5, 0.6) is 0 Å². The van der Waals surface area contributed by atoms with Crippen molar-refractivity contribution in [3.8, 4) is 0 Å². The molecule has 0 radical (unpaired) electrons. The van der Waals surface area contributed by atoms with Crippen LogP contribution in [0.3, 0.4) is 0 Å². The lowest BCUT2D eigenvalue weighted by Gasteiger charge is -1.93. The van der Waals surface area contributed by atoms with Crippen molar-refractivity contribution in [3.05, 3.63) is 0 Å². The summed E-state index contributed by atoms with van der Waals surface area (Å²) in [4.78, 5) is 0. The molecule has 0 bridgehead atoms. The summed E-state index contributed by atoms with van der Waals surface area (Å²) in [6.07, 6.45) is 0. The fraction of sp³-hybridized carbons (Fsp3) is 1.00. The highest BCUT2D eigenvalue weighted by Crippen LogP contribution is 2.47. The lowest BCUT2D eigenvalue weighted by Crippen LogP contribution is -1.70. The van der Waals surface area contributed by atoms with Gasteiger partial charge in [-0.15, -0.1) is 0 Å². The third-order valence-electron chi connectivity index (χ3n) is 0.227. The molecule has 0 unspecified atom stereocenters. The Morgan fingerprint density at radius 1 is 1.67 bits per heavy atom. The highest BCUT2D eigenvalue weighted by atomic mass is 35.9. The highest BCUT2D eigenvalue weighted by Gasteiger charge is 1.91. The maximum absolute atomic E-state index is 5.19. The molecule has 0 N–H and O–H groups in total. The van der Waals surface area contributed by atoms with Crippen LogP contribution >= 0.6 is 29.3 Å². The molecule has 0 aromatic carbocycles. The van der Waals surface area contributed by atoms with Gasteiger partial charge in [0.25, 0.3) is 0 Å². The van der Waals surface area contributed by atoms with E-state index in [4.69, 9.17) is 22.5 Å². The second kappa shape index (κ2) is 4.14. The van der Waals surface area contributed by atoms with Crippen LogP contribution in [-0.2, 0) is 4.52 Å². The Morgan fingerprint density at radius 3 is 2.17 bits per heavy atom. The summed E-state index contributed by atoms with van der Waals surface area (Å²) in [5.74, 6) is 0. The first kappa shape index (κ1) is 6.97. The number of rotatable bonds is 2. The molecule has 0 heterocycles. The van der Waals surface area contributed by atoms with Gasteiger partial charge in [0.05, 0.1) is 6.61 Å². The molecule has 0 fully saturated rings. The Balaban J connectivity index is 2.63. The van der Waals surface area contributed by atoms with E-state index in [0.717, 1.165) is 0 Å². The summed E-state index contributed by atoms with van der Waals surface area (Å²) >= 11 is 10.4. The van der Waals surface area contributed by atoms with Crippen LogP contribution in [0.1, 0.15) is 6.92 Å². The molecular weight excluding hydrogens is 142 g/mol. The SMILES string of the molecule is CCOP(Cl)Cl. The van der Waals surface area contributed by atoms with Crippen LogP contribution in [-0.4, -0.2) is 6.61 Å². The molecule has 0 amide bonds. The molecule has 0 aromatic heterocycles. The standard InChI is InChI=1S/C2H5Cl2OP/c1-2-5-6(3)4/h2H2,1H3. The van der Waals surface area contributed by atoms with Gasteiger partial charge < -0.3 is 4.52 Å². The van der Waals surface area contributed by atoms with E-state index in [1.807, 2.05) is 6.92 Å². The summed E-state index contributed by atoms with van der Waals surface area (Å²) in [6.45, 7) is 1.29. The third-order valence-corrected chi connectivity index (χ3v) is 1.27. The van der Waals surface area contributed by atoms with Crippen LogP contribution in [0.4, 0.5) is 0 Å². The molecule has 1 nitrogen and oxygen atoms in total. The fourth-order valence-corrected chi connectivity index (χ4v) is 0.878. The average molecular weight is 147 g/mol. The topological polar surface area (TPSA) is 9.23 Å². The predicted octanol–water partition coefficient (Wildman–Crippen LogP) is 2.73. The highest BCUT2D eigenvalue weighted by molar-refractivity contribution is 8.00. The van der Waals surface area contributed by atoms with Crippen molar-refractivity contribution in [2.45, 2.75) is 6.92 Å². The van der Waals surface area contributed by atoms with Crippen LogP contribution < -0.4 is 0 Å². The number of hydrogen-bond acceptors (Lipinski definition) is 1. The summed E-state index contributed by atoms with van der Waals surface area (Å²) in [6, 6.07) is 0. The first-order valence-corrected chi connectivity index (χ1v) is 4.59. The predicted molar refractivity (Wildman–Crippen MR) is 30.3 cm³/mol. The van der Waals surface area contributed by atoms with Gasteiger partial charge in [0.1, 0.15) is 0 Å². The molecule has 0 atom stereocenters. The van der Waals surface area contributed by atoms with Crippen molar-refractivity contribution >= 4 is 29.3 Å². The van der Waals surface area contributed by atoms with E-state index in [9.17, 15) is 0 Å². The molecule has 0 aromatic rings. The Bertz CT molecular complexity index is 32.7. The summed E-state index contributed by atoms with van der Waals surface area (Å²) in [7, 11) is 0. The smallest absolute Gasteiger partial charge is 0.225 e. The molecule has 0 rings (SSSR count). The van der Waals surface area contributed by atoms with E-state index in [1.54, 1.807) is 0 Å². The van der Waals surface area contributed by atoms with Gasteiger partial charge in [-0.1, -0.05) is 0 Å². The van der Waals surface area contributed by atoms with Crippen LogP contribution in [0.15, 0.2) is 0 Å². The first-order valence-electron chi connectivity index (χ1n) is 1.52. The zero-order chi connectivity index (χ0) is 4.99. The maximum atomic E-state index is 5.19. The van der Waals surface area contributed by atoms with Gasteiger partial charge in [-0.25, -0.2) is 0 Å². The lowest BCUT2D eigenvalue weighted by atomic mass is 10.9. The Kier molecular flexibility index (Phi) is 4.81. The quantitative estimate of drug-likeness (QED) is 0.545. The van der Waals surface area contributed by atoms with Gasteiger partial charge in [-0.3, -0.25) is 0 Å². The molecule has 0 saturated carbocycles. The van der Waals surface area contributed by atoms with Crippen molar-refractivity contribution in [2.24, 2.45) is 0 Å². The van der Waals surface area contributed by atoms with Crippen LogP contribution in [0.2, 0.25) is 0 Å². The van der Waals surface area contributed by atoms with E-state index in [1.165, 1.54) is 0 Å². The van der Waals surface area contributed by atoms with Crippen molar-refractivity contribution in [3.63, 3.8) is 0 Å². The zero-order valence-electron chi connectivity index (χ0n) is 3.32. The van der Waals surface area contributed by atoms with Crippen molar-refractivity contribution in [1.82, 2.24) is 0 Å². The molecule has 0 spiro atoms. The zero-order valence-corrected chi connectivity index (χ0v) is 5.72. The second-order valence-electron chi connectivity index (χ2n) is 0.620. The Morgan fingerprint density at radius 2 is 2.17 bits per heavy atom. The summed E-state index contributed by atoms with van der Waals surface area (Å²) in [5, 5.41) is 0. The van der Waals surface area contributed by atoms with Crippen molar-refractivity contribution < 1.29 is 4.52 Å². The Labute approximate surface area is 48.0 Å². The van der Waals surface area contributed by atoms with Gasteiger partial charge >= 0.3 is 0 Å². The molecule has 0 aliphatic carbocycles. The van der Waals surface area contributed by atoms with E-state index in [2.05, 4.69) is 4.52 Å². The van der Waals surface area contributed by atoms with Crippen molar-refractivity contribution in [1.29, 1.82) is 0 Å². The molecule has 0 aliphatic heterocycles. The molecule has 4 heteroatoms. The maximum Gasteiger partial charge on any atom is 0.225 e. The van der Waals surface area contributed by atoms with Crippen LogP contribution in [0, 0.1) is 0 Å². The number of halogens is 2. The summed E-state index contributed by atoms with van der Waals surface area (Å²) < 4.78 is 4.64. The number of hydrogen-bond donors (Lipinski definition) is 0. The fourth-order valence-electron chi connectivity index (χ4n) is 0.0976. The molecule has 0 saturated heterocycles. The minimum absolute atomic E-state index is 0.596. The van der Waals surface area contributed by atoms with Crippen LogP contribution in [0.25, 0.3) is 0 Å².